The highest BCUT2D eigenvalue weighted by Gasteiger charge is 2.14. The van der Waals surface area contributed by atoms with E-state index >= 15 is 0 Å². The average molecular weight is 363 g/mol. The molecular formula is C12H15BrN2O4S. The van der Waals surface area contributed by atoms with Gasteiger partial charge in [0.25, 0.3) is 0 Å². The number of hydrogen-bond acceptors (Lipinski definition) is 3. The molecule has 1 aromatic carbocycles. The molecule has 0 heterocycles. The summed E-state index contributed by atoms with van der Waals surface area (Å²) in [5.74, 6) is -0.226. The molecule has 1 aromatic rings. The predicted molar refractivity (Wildman–Crippen MR) is 81.7 cm³/mol. The van der Waals surface area contributed by atoms with Gasteiger partial charge in [0.1, 0.15) is 0 Å². The van der Waals surface area contributed by atoms with E-state index in [1.54, 1.807) is 19.1 Å². The third-order valence-corrected chi connectivity index (χ3v) is 4.38. The van der Waals surface area contributed by atoms with Crippen LogP contribution in [0.25, 0.3) is 0 Å². The molecule has 0 aliphatic rings. The summed E-state index contributed by atoms with van der Waals surface area (Å²) in [4.78, 5) is 22.7. The monoisotopic (exact) mass is 362 g/mol. The topological polar surface area (TPSA) is 95.5 Å². The molecule has 8 heteroatoms. The lowest BCUT2D eigenvalue weighted by molar-refractivity contribution is 0.0698. The van der Waals surface area contributed by atoms with Gasteiger partial charge in [-0.1, -0.05) is 13.0 Å². The number of carboxylic acids is 1. The third-order valence-electron chi connectivity index (χ3n) is 2.42. The Kier molecular flexibility index (Phi) is 6.66. The minimum Gasteiger partial charge on any atom is -0.478 e. The normalized spacial score (nSPS) is 11.7. The van der Waals surface area contributed by atoms with Gasteiger partial charge < -0.3 is 15.7 Å². The fraction of sp³-hybridized carbons (Fsp3) is 0.333. The molecule has 6 nitrogen and oxygen atoms in total. The molecule has 2 amide bonds. The maximum Gasteiger partial charge on any atom is 0.337 e. The van der Waals surface area contributed by atoms with E-state index in [0.29, 0.717) is 16.0 Å². The average Bonchev–Trinajstić information content (AvgIpc) is 2.40. The molecule has 0 saturated heterocycles. The molecule has 1 rings (SSSR count). The number of aromatic carboxylic acids is 1. The number of halogens is 1. The smallest absolute Gasteiger partial charge is 0.337 e. The lowest BCUT2D eigenvalue weighted by Gasteiger charge is -2.11. The van der Waals surface area contributed by atoms with Crippen molar-refractivity contribution in [2.24, 2.45) is 0 Å². The van der Waals surface area contributed by atoms with E-state index < -0.39 is 22.8 Å². The van der Waals surface area contributed by atoms with Crippen LogP contribution in [0.3, 0.4) is 0 Å². The fourth-order valence-electron chi connectivity index (χ4n) is 1.41. The number of carbonyl (C=O) groups is 2. The first-order chi connectivity index (χ1) is 9.45. The first-order valence-corrected chi connectivity index (χ1v) is 8.15. The summed E-state index contributed by atoms with van der Waals surface area (Å²) >= 11 is 3.19. The standard InChI is InChI=1S/C12H15BrN2O4S/c1-2-20(19)7-6-14-12(18)15-10-8(11(16)17)4-3-5-9(10)13/h3-5H,2,6-7H2,1H3,(H,16,17)(H2,14,15,18). The Morgan fingerprint density at radius 2 is 2.10 bits per heavy atom. The molecule has 0 fully saturated rings. The Bertz CT molecular complexity index is 536. The number of rotatable bonds is 6. The second-order valence-electron chi connectivity index (χ2n) is 3.78. The Morgan fingerprint density at radius 1 is 1.40 bits per heavy atom. The van der Waals surface area contributed by atoms with Gasteiger partial charge in [-0.2, -0.15) is 0 Å². The number of amides is 2. The molecule has 0 aromatic heterocycles. The lowest BCUT2D eigenvalue weighted by Crippen LogP contribution is -2.32. The summed E-state index contributed by atoms with van der Waals surface area (Å²) in [5.41, 5.74) is 0.181. The largest absolute Gasteiger partial charge is 0.478 e. The number of benzene rings is 1. The highest BCUT2D eigenvalue weighted by Crippen LogP contribution is 2.26. The van der Waals surface area contributed by atoms with Crippen molar-refractivity contribution in [3.05, 3.63) is 28.2 Å². The minimum absolute atomic E-state index is 0.00772. The number of carbonyl (C=O) groups excluding carboxylic acids is 1. The van der Waals surface area contributed by atoms with Gasteiger partial charge in [-0.15, -0.1) is 0 Å². The van der Waals surface area contributed by atoms with Gasteiger partial charge in [-0.25, -0.2) is 9.59 Å². The van der Waals surface area contributed by atoms with Crippen LogP contribution in [0.4, 0.5) is 10.5 Å². The van der Waals surface area contributed by atoms with Crippen LogP contribution in [-0.2, 0) is 10.8 Å². The number of urea groups is 1. The Labute approximate surface area is 127 Å². The molecule has 110 valence electrons. The minimum atomic E-state index is -1.13. The summed E-state index contributed by atoms with van der Waals surface area (Å²) in [6.45, 7) is 2.07. The van der Waals surface area contributed by atoms with E-state index in [4.69, 9.17) is 5.11 Å². The van der Waals surface area contributed by atoms with Crippen molar-refractivity contribution in [1.29, 1.82) is 0 Å². The van der Waals surface area contributed by atoms with Crippen LogP contribution in [0.5, 0.6) is 0 Å². The van der Waals surface area contributed by atoms with Crippen LogP contribution in [0.15, 0.2) is 22.7 Å². The second kappa shape index (κ2) is 8.01. The molecule has 3 N–H and O–H groups in total. The van der Waals surface area contributed by atoms with Crippen LogP contribution in [-0.4, -0.2) is 39.4 Å². The molecule has 0 bridgehead atoms. The molecule has 1 unspecified atom stereocenters. The summed E-state index contributed by atoms with van der Waals surface area (Å²) < 4.78 is 11.7. The van der Waals surface area contributed by atoms with Crippen molar-refractivity contribution < 1.29 is 18.9 Å². The van der Waals surface area contributed by atoms with Crippen LogP contribution in [0.1, 0.15) is 17.3 Å². The Balaban J connectivity index is 2.66. The van der Waals surface area contributed by atoms with E-state index in [0.717, 1.165) is 0 Å². The van der Waals surface area contributed by atoms with Gasteiger partial charge in [0.2, 0.25) is 0 Å². The van der Waals surface area contributed by atoms with E-state index in [1.165, 1.54) is 6.07 Å². The molecule has 0 aliphatic carbocycles. The maximum atomic E-state index is 11.7. The first kappa shape index (κ1) is 16.6. The summed E-state index contributed by atoms with van der Waals surface area (Å²) in [6.07, 6.45) is 0. The zero-order valence-corrected chi connectivity index (χ0v) is 13.2. The number of hydrogen-bond donors (Lipinski definition) is 3. The van der Waals surface area contributed by atoms with Crippen molar-refractivity contribution >= 4 is 44.4 Å². The van der Waals surface area contributed by atoms with Crippen molar-refractivity contribution in [3.8, 4) is 0 Å². The van der Waals surface area contributed by atoms with E-state index in [2.05, 4.69) is 26.6 Å². The zero-order chi connectivity index (χ0) is 15.1. The molecule has 1 atom stereocenters. The van der Waals surface area contributed by atoms with Crippen molar-refractivity contribution in [2.45, 2.75) is 6.92 Å². The van der Waals surface area contributed by atoms with Crippen molar-refractivity contribution in [1.82, 2.24) is 5.32 Å². The molecule has 0 saturated carbocycles. The third kappa shape index (κ3) is 4.93. The van der Waals surface area contributed by atoms with Gasteiger partial charge >= 0.3 is 12.0 Å². The summed E-state index contributed by atoms with van der Waals surface area (Å²) in [5, 5.41) is 14.1. The first-order valence-electron chi connectivity index (χ1n) is 5.87. The highest BCUT2D eigenvalue weighted by molar-refractivity contribution is 9.10. The SMILES string of the molecule is CCS(=O)CCNC(=O)Nc1c(Br)cccc1C(=O)O. The van der Waals surface area contributed by atoms with E-state index in [-0.39, 0.29) is 17.8 Å². The van der Waals surface area contributed by atoms with Crippen molar-refractivity contribution in [2.75, 3.05) is 23.4 Å². The number of para-hydroxylation sites is 1. The van der Waals surface area contributed by atoms with Crippen LogP contribution in [0, 0.1) is 0 Å². The maximum absolute atomic E-state index is 11.7. The van der Waals surface area contributed by atoms with Gasteiger partial charge in [0, 0.05) is 33.3 Å². The van der Waals surface area contributed by atoms with E-state index in [9.17, 15) is 13.8 Å². The molecule has 0 radical (unpaired) electrons. The van der Waals surface area contributed by atoms with Gasteiger partial charge in [0.05, 0.1) is 11.3 Å². The second-order valence-corrected chi connectivity index (χ2v) is 6.50. The number of anilines is 1. The lowest BCUT2D eigenvalue weighted by atomic mass is 10.2. The van der Waals surface area contributed by atoms with Crippen LogP contribution in [0.2, 0.25) is 0 Å². The van der Waals surface area contributed by atoms with Crippen LogP contribution >= 0.6 is 15.9 Å². The number of carboxylic acid groups (broad SMARTS) is 1. The number of nitrogens with one attached hydrogen (secondary N) is 2. The van der Waals surface area contributed by atoms with Crippen LogP contribution < -0.4 is 10.6 Å². The van der Waals surface area contributed by atoms with Gasteiger partial charge in [-0.05, 0) is 28.1 Å². The highest BCUT2D eigenvalue weighted by atomic mass is 79.9. The van der Waals surface area contributed by atoms with Gasteiger partial charge in [-0.3, -0.25) is 4.21 Å². The Hall–Kier alpha value is -1.41. The molecule has 0 spiro atoms. The predicted octanol–water partition coefficient (Wildman–Crippen LogP) is 2.04. The quantitative estimate of drug-likeness (QED) is 0.721. The van der Waals surface area contributed by atoms with E-state index in [1.807, 2.05) is 0 Å². The van der Waals surface area contributed by atoms with Crippen molar-refractivity contribution in [3.63, 3.8) is 0 Å². The molecule has 20 heavy (non-hydrogen) atoms. The zero-order valence-electron chi connectivity index (χ0n) is 10.8. The summed E-state index contributed by atoms with van der Waals surface area (Å²) in [6, 6.07) is 4.07. The van der Waals surface area contributed by atoms with Gasteiger partial charge in [0.15, 0.2) is 0 Å². The summed E-state index contributed by atoms with van der Waals surface area (Å²) in [7, 11) is -0.952. The molecule has 0 aliphatic heterocycles. The molecular weight excluding hydrogens is 348 g/mol. The Morgan fingerprint density at radius 3 is 2.70 bits per heavy atom. The fourth-order valence-corrected chi connectivity index (χ4v) is 2.49.